The van der Waals surface area contributed by atoms with Gasteiger partial charge in [-0.25, -0.2) is 0 Å². The largest absolute Gasteiger partial charge is 0.360 e. The maximum absolute atomic E-state index is 12.3. The Kier molecular flexibility index (Phi) is 4.16. The summed E-state index contributed by atoms with van der Waals surface area (Å²) in [6.07, 6.45) is 0. The summed E-state index contributed by atoms with van der Waals surface area (Å²) in [5.74, 6) is 0.0818. The highest BCUT2D eigenvalue weighted by Gasteiger charge is 2.32. The van der Waals surface area contributed by atoms with E-state index in [1.807, 2.05) is 25.7 Å². The average Bonchev–Trinajstić information content (AvgIpc) is 2.90. The summed E-state index contributed by atoms with van der Waals surface area (Å²) in [6.45, 7) is 9.35. The zero-order valence-corrected chi connectivity index (χ0v) is 12.7. The second kappa shape index (κ2) is 5.51. The molecule has 0 radical (unpaired) electrons. The molecule has 0 aromatic carbocycles. The molecule has 0 unspecified atom stereocenters. The van der Waals surface area contributed by atoms with E-state index in [-0.39, 0.29) is 11.3 Å². The Morgan fingerprint density at radius 1 is 1.32 bits per heavy atom. The van der Waals surface area contributed by atoms with Gasteiger partial charge in [-0.1, -0.05) is 20.8 Å². The third-order valence-corrected chi connectivity index (χ3v) is 4.54. The van der Waals surface area contributed by atoms with E-state index in [0.717, 1.165) is 26.2 Å². The van der Waals surface area contributed by atoms with Crippen molar-refractivity contribution < 1.29 is 4.79 Å². The fourth-order valence-electron chi connectivity index (χ4n) is 2.16. The minimum Gasteiger partial charge on any atom is -0.360 e. The third kappa shape index (κ3) is 3.28. The number of hydrogen-bond acceptors (Lipinski definition) is 4. The molecule has 5 heteroatoms. The highest BCUT2D eigenvalue weighted by atomic mass is 32.1. The van der Waals surface area contributed by atoms with Gasteiger partial charge in [0.1, 0.15) is 0 Å². The molecule has 1 aliphatic heterocycles. The fraction of sp³-hybridized carbons (Fsp3) is 0.643. The van der Waals surface area contributed by atoms with Crippen molar-refractivity contribution in [2.75, 3.05) is 31.1 Å². The SMILES string of the molecule is CC(C)(C)[C@H](N)C(=O)N1CCN(c2cccs2)CC1. The van der Waals surface area contributed by atoms with Gasteiger partial charge in [-0.05, 0) is 22.9 Å². The zero-order chi connectivity index (χ0) is 14.0. The lowest BCUT2D eigenvalue weighted by Crippen LogP contribution is -2.56. The van der Waals surface area contributed by atoms with E-state index in [2.05, 4.69) is 22.4 Å². The number of anilines is 1. The van der Waals surface area contributed by atoms with Gasteiger partial charge in [-0.2, -0.15) is 0 Å². The molecule has 106 valence electrons. The standard InChI is InChI=1S/C14H23N3OS/c1-14(2,3)12(15)13(18)17-8-6-16(7-9-17)11-5-4-10-19-11/h4-5,10,12H,6-9,15H2,1-3H3/t12-/m1/s1. The lowest BCUT2D eigenvalue weighted by molar-refractivity contribution is -0.135. The number of carbonyl (C=O) groups is 1. The number of piperazine rings is 1. The Morgan fingerprint density at radius 2 is 1.95 bits per heavy atom. The Hall–Kier alpha value is -1.07. The van der Waals surface area contributed by atoms with Crippen LogP contribution >= 0.6 is 11.3 Å². The van der Waals surface area contributed by atoms with Gasteiger partial charge in [0.05, 0.1) is 11.0 Å². The molecule has 1 saturated heterocycles. The first-order valence-electron chi connectivity index (χ1n) is 6.72. The molecule has 1 aromatic heterocycles. The first kappa shape index (κ1) is 14.3. The lowest BCUT2D eigenvalue weighted by Gasteiger charge is -2.38. The van der Waals surface area contributed by atoms with Crippen molar-refractivity contribution in [3.8, 4) is 0 Å². The van der Waals surface area contributed by atoms with Crippen LogP contribution in [0, 0.1) is 5.41 Å². The van der Waals surface area contributed by atoms with Gasteiger partial charge in [-0.15, -0.1) is 11.3 Å². The van der Waals surface area contributed by atoms with Crippen LogP contribution in [0.2, 0.25) is 0 Å². The highest BCUT2D eigenvalue weighted by molar-refractivity contribution is 7.14. The van der Waals surface area contributed by atoms with Gasteiger partial charge in [-0.3, -0.25) is 4.79 Å². The Labute approximate surface area is 119 Å². The van der Waals surface area contributed by atoms with Crippen molar-refractivity contribution in [2.24, 2.45) is 11.1 Å². The van der Waals surface area contributed by atoms with Crippen molar-refractivity contribution in [1.29, 1.82) is 0 Å². The quantitative estimate of drug-likeness (QED) is 0.899. The van der Waals surface area contributed by atoms with Gasteiger partial charge >= 0.3 is 0 Å². The molecule has 0 aliphatic carbocycles. The fourth-order valence-corrected chi connectivity index (χ4v) is 2.95. The molecular formula is C14H23N3OS. The Morgan fingerprint density at radius 3 is 2.42 bits per heavy atom. The van der Waals surface area contributed by atoms with E-state index < -0.39 is 6.04 Å². The highest BCUT2D eigenvalue weighted by Crippen LogP contribution is 2.24. The normalized spacial score (nSPS) is 18.5. The second-order valence-electron chi connectivity index (χ2n) is 6.11. The van der Waals surface area contributed by atoms with Crippen molar-refractivity contribution in [3.63, 3.8) is 0 Å². The molecule has 0 spiro atoms. The molecule has 1 amide bonds. The van der Waals surface area contributed by atoms with Gasteiger partial charge in [0.2, 0.25) is 5.91 Å². The minimum atomic E-state index is -0.416. The van der Waals surface area contributed by atoms with Crippen LogP contribution in [0.25, 0.3) is 0 Å². The van der Waals surface area contributed by atoms with Crippen LogP contribution < -0.4 is 10.6 Å². The molecule has 19 heavy (non-hydrogen) atoms. The molecule has 2 N–H and O–H groups in total. The van der Waals surface area contributed by atoms with E-state index in [4.69, 9.17) is 5.73 Å². The van der Waals surface area contributed by atoms with Gasteiger partial charge in [0, 0.05) is 26.2 Å². The number of hydrogen-bond donors (Lipinski definition) is 1. The molecule has 1 aliphatic rings. The van der Waals surface area contributed by atoms with Crippen LogP contribution in [0.1, 0.15) is 20.8 Å². The van der Waals surface area contributed by atoms with Gasteiger partial charge in [0.25, 0.3) is 0 Å². The molecule has 2 rings (SSSR count). The van der Waals surface area contributed by atoms with E-state index >= 15 is 0 Å². The van der Waals surface area contributed by atoms with Crippen LogP contribution in [0.15, 0.2) is 17.5 Å². The zero-order valence-electron chi connectivity index (χ0n) is 11.9. The van der Waals surface area contributed by atoms with Crippen LogP contribution in [-0.2, 0) is 4.79 Å². The summed E-state index contributed by atoms with van der Waals surface area (Å²) in [5.41, 5.74) is 5.87. The van der Waals surface area contributed by atoms with Crippen LogP contribution in [0.3, 0.4) is 0 Å². The Bertz CT molecular complexity index is 416. The van der Waals surface area contributed by atoms with Crippen LogP contribution in [0.5, 0.6) is 0 Å². The predicted octanol–water partition coefficient (Wildman–Crippen LogP) is 1.77. The van der Waals surface area contributed by atoms with Crippen molar-refractivity contribution in [1.82, 2.24) is 4.90 Å². The molecule has 4 nitrogen and oxygen atoms in total. The molecular weight excluding hydrogens is 258 g/mol. The minimum absolute atomic E-state index is 0.0818. The van der Waals surface area contributed by atoms with E-state index in [0.29, 0.717) is 0 Å². The van der Waals surface area contributed by atoms with Gasteiger partial charge < -0.3 is 15.5 Å². The Balaban J connectivity index is 1.91. The topological polar surface area (TPSA) is 49.6 Å². The molecule has 1 atom stereocenters. The summed E-state index contributed by atoms with van der Waals surface area (Å²) >= 11 is 1.75. The molecule has 1 fully saturated rings. The number of nitrogens with zero attached hydrogens (tertiary/aromatic N) is 2. The van der Waals surface area contributed by atoms with Gasteiger partial charge in [0.15, 0.2) is 0 Å². The van der Waals surface area contributed by atoms with Crippen LogP contribution in [0.4, 0.5) is 5.00 Å². The maximum Gasteiger partial charge on any atom is 0.240 e. The first-order chi connectivity index (χ1) is 8.89. The summed E-state index contributed by atoms with van der Waals surface area (Å²) in [6, 6.07) is 3.77. The summed E-state index contributed by atoms with van der Waals surface area (Å²) in [5, 5.41) is 3.37. The number of carbonyl (C=O) groups excluding carboxylic acids is 1. The predicted molar refractivity (Wildman–Crippen MR) is 80.5 cm³/mol. The summed E-state index contributed by atoms with van der Waals surface area (Å²) < 4.78 is 0. The number of nitrogens with two attached hydrogens (primary N) is 1. The van der Waals surface area contributed by atoms with E-state index in [1.54, 1.807) is 11.3 Å². The lowest BCUT2D eigenvalue weighted by atomic mass is 9.86. The second-order valence-corrected chi connectivity index (χ2v) is 7.03. The van der Waals surface area contributed by atoms with Crippen molar-refractivity contribution in [2.45, 2.75) is 26.8 Å². The third-order valence-electron chi connectivity index (χ3n) is 3.61. The smallest absolute Gasteiger partial charge is 0.240 e. The van der Waals surface area contributed by atoms with Crippen molar-refractivity contribution in [3.05, 3.63) is 17.5 Å². The van der Waals surface area contributed by atoms with Crippen LogP contribution in [-0.4, -0.2) is 43.0 Å². The van der Waals surface area contributed by atoms with E-state index in [1.165, 1.54) is 5.00 Å². The molecule has 0 saturated carbocycles. The van der Waals surface area contributed by atoms with E-state index in [9.17, 15) is 4.79 Å². The number of rotatable bonds is 2. The molecule has 1 aromatic rings. The van der Waals surface area contributed by atoms with Crippen molar-refractivity contribution >= 4 is 22.2 Å². The summed E-state index contributed by atoms with van der Waals surface area (Å²) in [4.78, 5) is 16.6. The summed E-state index contributed by atoms with van der Waals surface area (Å²) in [7, 11) is 0. The molecule has 2 heterocycles. The number of amides is 1. The monoisotopic (exact) mass is 281 g/mol. The number of thiophene rings is 1. The first-order valence-corrected chi connectivity index (χ1v) is 7.60. The average molecular weight is 281 g/mol. The molecule has 0 bridgehead atoms. The maximum atomic E-state index is 12.3.